The third-order valence-electron chi connectivity index (χ3n) is 3.27. The predicted molar refractivity (Wildman–Crippen MR) is 77.6 cm³/mol. The molecule has 1 aliphatic rings. The summed E-state index contributed by atoms with van der Waals surface area (Å²) in [5, 5.41) is 10.3. The van der Waals surface area contributed by atoms with E-state index in [4.69, 9.17) is 5.11 Å². The molecule has 1 aromatic rings. The summed E-state index contributed by atoms with van der Waals surface area (Å²) in [6, 6.07) is 1.35. The van der Waals surface area contributed by atoms with E-state index in [1.54, 1.807) is 4.31 Å². The summed E-state index contributed by atoms with van der Waals surface area (Å²) < 4.78 is 26.7. The maximum Gasteiger partial charge on any atom is 0.345 e. The molecular weight excluding hydrogens is 298 g/mol. The molecule has 1 heterocycles. The van der Waals surface area contributed by atoms with Gasteiger partial charge in [-0.2, -0.15) is 4.31 Å². The Morgan fingerprint density at radius 2 is 2.15 bits per heavy atom. The van der Waals surface area contributed by atoms with Crippen molar-refractivity contribution >= 4 is 27.3 Å². The van der Waals surface area contributed by atoms with Crippen molar-refractivity contribution < 1.29 is 18.3 Å². The molecule has 0 amide bonds. The minimum atomic E-state index is -3.57. The van der Waals surface area contributed by atoms with Crippen LogP contribution >= 0.6 is 11.3 Å². The molecule has 1 N–H and O–H groups in total. The monoisotopic (exact) mass is 317 g/mol. The van der Waals surface area contributed by atoms with Crippen LogP contribution in [0.15, 0.2) is 16.3 Å². The lowest BCUT2D eigenvalue weighted by Gasteiger charge is -2.22. The Balaban J connectivity index is 2.22. The zero-order valence-corrected chi connectivity index (χ0v) is 13.2. The molecule has 5 nitrogen and oxygen atoms in total. The lowest BCUT2D eigenvalue weighted by molar-refractivity contribution is 0.0702. The molecule has 1 saturated carbocycles. The smallest absolute Gasteiger partial charge is 0.345 e. The normalized spacial score (nSPS) is 16.0. The Morgan fingerprint density at radius 3 is 2.60 bits per heavy atom. The Kier molecular flexibility index (Phi) is 4.51. The van der Waals surface area contributed by atoms with E-state index in [1.807, 2.05) is 0 Å². The second-order valence-electron chi connectivity index (χ2n) is 5.48. The lowest BCUT2D eigenvalue weighted by atomic mass is 10.1. The van der Waals surface area contributed by atoms with E-state index in [9.17, 15) is 13.2 Å². The van der Waals surface area contributed by atoms with Crippen LogP contribution in [0.5, 0.6) is 0 Å². The van der Waals surface area contributed by atoms with Gasteiger partial charge in [-0.25, -0.2) is 13.2 Å². The third-order valence-corrected chi connectivity index (χ3v) is 6.27. The van der Waals surface area contributed by atoms with E-state index < -0.39 is 16.0 Å². The average molecular weight is 317 g/mol. The van der Waals surface area contributed by atoms with Crippen molar-refractivity contribution in [1.29, 1.82) is 0 Å². The van der Waals surface area contributed by atoms with Crippen LogP contribution in [0.2, 0.25) is 0 Å². The van der Waals surface area contributed by atoms with E-state index in [0.717, 1.165) is 30.6 Å². The SMILES string of the molecule is CC(C)CCN(C1CC1)S(=O)(=O)c1csc(C(=O)O)c1. The first kappa shape index (κ1) is 15.5. The second-order valence-corrected chi connectivity index (χ2v) is 8.28. The second kappa shape index (κ2) is 5.83. The lowest BCUT2D eigenvalue weighted by Crippen LogP contribution is -2.34. The molecule has 0 saturated heterocycles. The van der Waals surface area contributed by atoms with E-state index in [1.165, 1.54) is 11.4 Å². The van der Waals surface area contributed by atoms with Crippen molar-refractivity contribution in [3.8, 4) is 0 Å². The van der Waals surface area contributed by atoms with Crippen LogP contribution in [-0.2, 0) is 10.0 Å². The standard InChI is InChI=1S/C13H19NO4S2/c1-9(2)5-6-14(10-3-4-10)20(17,18)11-7-12(13(15)16)19-8-11/h7-10H,3-6H2,1-2H3,(H,15,16). The van der Waals surface area contributed by atoms with Gasteiger partial charge in [0.15, 0.2) is 0 Å². The summed E-state index contributed by atoms with van der Waals surface area (Å²) in [7, 11) is -3.57. The van der Waals surface area contributed by atoms with Gasteiger partial charge in [0.1, 0.15) is 4.88 Å². The molecule has 0 aromatic carbocycles. The third kappa shape index (κ3) is 3.39. The van der Waals surface area contributed by atoms with Gasteiger partial charge in [-0.1, -0.05) is 13.8 Å². The van der Waals surface area contributed by atoms with Crippen LogP contribution in [-0.4, -0.2) is 36.4 Å². The highest BCUT2D eigenvalue weighted by Gasteiger charge is 2.38. The van der Waals surface area contributed by atoms with Gasteiger partial charge in [0.05, 0.1) is 4.90 Å². The number of carboxylic acid groups (broad SMARTS) is 1. The zero-order chi connectivity index (χ0) is 14.9. The Morgan fingerprint density at radius 1 is 1.50 bits per heavy atom. The molecule has 112 valence electrons. The van der Waals surface area contributed by atoms with Gasteiger partial charge in [-0.05, 0) is 31.2 Å². The minimum absolute atomic E-state index is 0.0585. The van der Waals surface area contributed by atoms with Crippen molar-refractivity contribution in [2.45, 2.75) is 44.0 Å². The number of hydrogen-bond donors (Lipinski definition) is 1. The molecule has 1 fully saturated rings. The van der Waals surface area contributed by atoms with Gasteiger partial charge in [0.25, 0.3) is 0 Å². The van der Waals surface area contributed by atoms with Crippen LogP contribution in [0.1, 0.15) is 42.8 Å². The molecule has 0 radical (unpaired) electrons. The van der Waals surface area contributed by atoms with Gasteiger partial charge in [0.2, 0.25) is 10.0 Å². The minimum Gasteiger partial charge on any atom is -0.477 e. The highest BCUT2D eigenvalue weighted by molar-refractivity contribution is 7.89. The van der Waals surface area contributed by atoms with E-state index in [0.29, 0.717) is 12.5 Å². The number of carbonyl (C=O) groups is 1. The van der Waals surface area contributed by atoms with Crippen LogP contribution < -0.4 is 0 Å². The largest absolute Gasteiger partial charge is 0.477 e. The van der Waals surface area contributed by atoms with E-state index in [-0.39, 0.29) is 15.8 Å². The van der Waals surface area contributed by atoms with Gasteiger partial charge in [-0.3, -0.25) is 0 Å². The number of hydrogen-bond acceptors (Lipinski definition) is 4. The Labute approximate surface area is 123 Å². The fourth-order valence-electron chi connectivity index (χ4n) is 1.95. The number of aromatic carboxylic acids is 1. The van der Waals surface area contributed by atoms with Crippen LogP contribution in [0, 0.1) is 5.92 Å². The first-order valence-electron chi connectivity index (χ1n) is 6.66. The summed E-state index contributed by atoms with van der Waals surface area (Å²) in [4.78, 5) is 11.0. The van der Waals surface area contributed by atoms with Crippen molar-refractivity contribution in [1.82, 2.24) is 4.31 Å². The molecule has 0 unspecified atom stereocenters. The van der Waals surface area contributed by atoms with Crippen LogP contribution in [0.25, 0.3) is 0 Å². The highest BCUT2D eigenvalue weighted by atomic mass is 32.2. The van der Waals surface area contributed by atoms with E-state index in [2.05, 4.69) is 13.8 Å². The van der Waals surface area contributed by atoms with E-state index >= 15 is 0 Å². The van der Waals surface area contributed by atoms with Crippen molar-refractivity contribution in [2.75, 3.05) is 6.54 Å². The molecule has 0 spiro atoms. The molecule has 20 heavy (non-hydrogen) atoms. The topological polar surface area (TPSA) is 74.7 Å². The van der Waals surface area contributed by atoms with Crippen LogP contribution in [0.4, 0.5) is 0 Å². The zero-order valence-electron chi connectivity index (χ0n) is 11.6. The molecule has 1 aliphatic carbocycles. The molecule has 7 heteroatoms. The first-order valence-corrected chi connectivity index (χ1v) is 8.98. The van der Waals surface area contributed by atoms with Gasteiger partial charge >= 0.3 is 5.97 Å². The summed E-state index contributed by atoms with van der Waals surface area (Å²) in [6.07, 6.45) is 2.60. The van der Waals surface area contributed by atoms with Crippen LogP contribution in [0.3, 0.4) is 0 Å². The summed E-state index contributed by atoms with van der Waals surface area (Å²) in [5.74, 6) is -0.653. The molecule has 0 atom stereocenters. The fraction of sp³-hybridized carbons (Fsp3) is 0.615. The van der Waals surface area contributed by atoms with Gasteiger partial charge in [-0.15, -0.1) is 11.3 Å². The molecule has 2 rings (SSSR count). The number of thiophene rings is 1. The first-order chi connectivity index (χ1) is 9.32. The van der Waals surface area contributed by atoms with Gasteiger partial charge in [0, 0.05) is 18.0 Å². The molecule has 1 aromatic heterocycles. The average Bonchev–Trinajstić information content (AvgIpc) is 3.03. The maximum absolute atomic E-state index is 12.6. The number of sulfonamides is 1. The molecular formula is C13H19NO4S2. The van der Waals surface area contributed by atoms with Gasteiger partial charge < -0.3 is 5.11 Å². The summed E-state index contributed by atoms with van der Waals surface area (Å²) in [6.45, 7) is 4.62. The summed E-state index contributed by atoms with van der Waals surface area (Å²) >= 11 is 0.953. The summed E-state index contributed by atoms with van der Waals surface area (Å²) in [5.41, 5.74) is 0. The van der Waals surface area contributed by atoms with Crippen molar-refractivity contribution in [2.24, 2.45) is 5.92 Å². The Bertz CT molecular complexity index is 587. The molecule has 0 bridgehead atoms. The fourth-order valence-corrected chi connectivity index (χ4v) is 4.75. The highest BCUT2D eigenvalue weighted by Crippen LogP contribution is 2.33. The molecule has 0 aliphatic heterocycles. The van der Waals surface area contributed by atoms with Crippen molar-refractivity contribution in [3.05, 3.63) is 16.3 Å². The van der Waals surface area contributed by atoms with Crippen molar-refractivity contribution in [3.63, 3.8) is 0 Å². The predicted octanol–water partition coefficient (Wildman–Crippen LogP) is 2.65. The quantitative estimate of drug-likeness (QED) is 0.839. The number of carboxylic acids is 1. The number of rotatable bonds is 7. The Hall–Kier alpha value is -0.920. The maximum atomic E-state index is 12.6. The number of nitrogens with zero attached hydrogens (tertiary/aromatic N) is 1.